The minimum Gasteiger partial charge on any atom is -0.323 e. The lowest BCUT2D eigenvalue weighted by Crippen LogP contribution is -2.01. The Morgan fingerprint density at radius 3 is 2.50 bits per heavy atom. The highest BCUT2D eigenvalue weighted by Gasteiger charge is 2.12. The lowest BCUT2D eigenvalue weighted by atomic mass is 10.4. The molecule has 4 nitrogen and oxygen atoms in total. The number of hydrogen-bond acceptors (Lipinski definition) is 3. The van der Waals surface area contributed by atoms with Gasteiger partial charge in [-0.05, 0) is 29.8 Å². The Labute approximate surface area is 92.4 Å². The molecular formula is C8H13BrN2O2S. The number of sulfone groups is 1. The molecule has 0 aliphatic carbocycles. The van der Waals surface area contributed by atoms with Crippen molar-refractivity contribution in [1.82, 2.24) is 9.55 Å². The standard InChI is InChI=1S/C8H13BrN2O2S/c1-6(2)11-4-7(10-8(11)9)5-14(3,12)13/h4,6H,5H2,1-3H3. The van der Waals surface area contributed by atoms with Gasteiger partial charge in [0.05, 0.1) is 11.4 Å². The van der Waals surface area contributed by atoms with Gasteiger partial charge in [-0.2, -0.15) is 0 Å². The van der Waals surface area contributed by atoms with Crippen molar-refractivity contribution >= 4 is 25.8 Å². The van der Waals surface area contributed by atoms with Crippen LogP contribution in [0.4, 0.5) is 0 Å². The topological polar surface area (TPSA) is 52.0 Å². The zero-order valence-electron chi connectivity index (χ0n) is 8.36. The van der Waals surface area contributed by atoms with Crippen molar-refractivity contribution in [3.05, 3.63) is 16.6 Å². The fourth-order valence-electron chi connectivity index (χ4n) is 1.12. The van der Waals surface area contributed by atoms with Gasteiger partial charge >= 0.3 is 0 Å². The number of halogens is 1. The van der Waals surface area contributed by atoms with Crippen LogP contribution in [0.15, 0.2) is 10.9 Å². The normalized spacial score (nSPS) is 12.4. The third-order valence-corrected chi connectivity index (χ3v) is 3.11. The number of nitrogens with zero attached hydrogens (tertiary/aromatic N) is 2. The van der Waals surface area contributed by atoms with Gasteiger partial charge in [0.15, 0.2) is 14.6 Å². The Morgan fingerprint density at radius 1 is 1.57 bits per heavy atom. The van der Waals surface area contributed by atoms with Crippen LogP contribution < -0.4 is 0 Å². The van der Waals surface area contributed by atoms with Gasteiger partial charge in [0, 0.05) is 18.5 Å². The van der Waals surface area contributed by atoms with E-state index in [1.165, 1.54) is 6.26 Å². The summed E-state index contributed by atoms with van der Waals surface area (Å²) < 4.78 is 24.6. The van der Waals surface area contributed by atoms with Crippen molar-refractivity contribution in [2.45, 2.75) is 25.6 Å². The highest BCUT2D eigenvalue weighted by atomic mass is 79.9. The van der Waals surface area contributed by atoms with E-state index in [1.807, 2.05) is 18.4 Å². The van der Waals surface area contributed by atoms with E-state index in [9.17, 15) is 8.42 Å². The second-order valence-electron chi connectivity index (χ2n) is 3.57. The van der Waals surface area contributed by atoms with E-state index in [1.54, 1.807) is 6.20 Å². The molecular weight excluding hydrogens is 268 g/mol. The molecule has 0 atom stereocenters. The molecule has 1 rings (SSSR count). The van der Waals surface area contributed by atoms with E-state index < -0.39 is 9.84 Å². The molecule has 0 amide bonds. The van der Waals surface area contributed by atoms with Crippen LogP contribution in [-0.2, 0) is 15.6 Å². The highest BCUT2D eigenvalue weighted by molar-refractivity contribution is 9.10. The average Bonchev–Trinajstić information content (AvgIpc) is 2.26. The van der Waals surface area contributed by atoms with Crippen molar-refractivity contribution in [3.63, 3.8) is 0 Å². The third kappa shape index (κ3) is 3.09. The van der Waals surface area contributed by atoms with Crippen molar-refractivity contribution in [2.24, 2.45) is 0 Å². The maximum atomic E-state index is 11.0. The first-order valence-electron chi connectivity index (χ1n) is 4.20. The van der Waals surface area contributed by atoms with Crippen LogP contribution in [0.3, 0.4) is 0 Å². The second-order valence-corrected chi connectivity index (χ2v) is 6.42. The first-order valence-corrected chi connectivity index (χ1v) is 7.06. The molecule has 0 spiro atoms. The predicted octanol–water partition coefficient (Wildman–Crippen LogP) is 1.77. The maximum Gasteiger partial charge on any atom is 0.177 e. The summed E-state index contributed by atoms with van der Waals surface area (Å²) in [5.41, 5.74) is 0.577. The van der Waals surface area contributed by atoms with E-state index in [4.69, 9.17) is 0 Å². The van der Waals surface area contributed by atoms with Crippen LogP contribution in [0.5, 0.6) is 0 Å². The Balaban J connectivity index is 2.98. The molecule has 14 heavy (non-hydrogen) atoms. The summed E-state index contributed by atoms with van der Waals surface area (Å²) in [6, 6.07) is 0.269. The molecule has 0 fully saturated rings. The predicted molar refractivity (Wildman–Crippen MR) is 58.9 cm³/mol. The molecule has 0 saturated heterocycles. The van der Waals surface area contributed by atoms with Crippen molar-refractivity contribution in [1.29, 1.82) is 0 Å². The van der Waals surface area contributed by atoms with E-state index in [-0.39, 0.29) is 11.8 Å². The van der Waals surface area contributed by atoms with Crippen LogP contribution >= 0.6 is 15.9 Å². The maximum absolute atomic E-state index is 11.0. The molecule has 0 bridgehead atoms. The number of hydrogen-bond donors (Lipinski definition) is 0. The zero-order valence-corrected chi connectivity index (χ0v) is 10.8. The summed E-state index contributed by atoms with van der Waals surface area (Å²) >= 11 is 3.28. The molecule has 0 aliphatic heterocycles. The van der Waals surface area contributed by atoms with Gasteiger partial charge in [0.1, 0.15) is 0 Å². The molecule has 6 heteroatoms. The highest BCUT2D eigenvalue weighted by Crippen LogP contribution is 2.17. The summed E-state index contributed by atoms with van der Waals surface area (Å²) in [6.07, 6.45) is 2.96. The molecule has 1 aromatic rings. The molecule has 80 valence electrons. The lowest BCUT2D eigenvalue weighted by Gasteiger charge is -2.06. The van der Waals surface area contributed by atoms with E-state index in [0.717, 1.165) is 0 Å². The van der Waals surface area contributed by atoms with Gasteiger partial charge in [0.25, 0.3) is 0 Å². The Kier molecular flexibility index (Phi) is 3.36. The van der Waals surface area contributed by atoms with E-state index in [0.29, 0.717) is 10.4 Å². The third-order valence-electron chi connectivity index (χ3n) is 1.70. The van der Waals surface area contributed by atoms with Crippen LogP contribution in [0.25, 0.3) is 0 Å². The second kappa shape index (κ2) is 4.02. The van der Waals surface area contributed by atoms with Gasteiger partial charge in [0.2, 0.25) is 0 Å². The average molecular weight is 281 g/mol. The van der Waals surface area contributed by atoms with Crippen LogP contribution in [0, 0.1) is 0 Å². The van der Waals surface area contributed by atoms with Crippen LogP contribution in [-0.4, -0.2) is 24.2 Å². The summed E-state index contributed by atoms with van der Waals surface area (Å²) in [5.74, 6) is -0.00861. The molecule has 0 aromatic carbocycles. The van der Waals surface area contributed by atoms with Gasteiger partial charge in [-0.3, -0.25) is 0 Å². The van der Waals surface area contributed by atoms with Crippen molar-refractivity contribution in [3.8, 4) is 0 Å². The summed E-state index contributed by atoms with van der Waals surface area (Å²) in [4.78, 5) is 4.12. The first kappa shape index (κ1) is 11.7. The summed E-state index contributed by atoms with van der Waals surface area (Å²) in [5, 5.41) is 0. The smallest absolute Gasteiger partial charge is 0.177 e. The Bertz CT molecular complexity index is 423. The van der Waals surface area contributed by atoms with Gasteiger partial charge < -0.3 is 4.57 Å². The molecule has 0 saturated carbocycles. The van der Waals surface area contributed by atoms with Gasteiger partial charge in [-0.1, -0.05) is 0 Å². The number of aromatic nitrogens is 2. The molecule has 0 unspecified atom stereocenters. The molecule has 0 aliphatic rings. The van der Waals surface area contributed by atoms with E-state index in [2.05, 4.69) is 20.9 Å². The van der Waals surface area contributed by atoms with Crippen LogP contribution in [0.2, 0.25) is 0 Å². The zero-order chi connectivity index (χ0) is 10.9. The largest absolute Gasteiger partial charge is 0.323 e. The summed E-state index contributed by atoms with van der Waals surface area (Å²) in [7, 11) is -3.00. The fourth-order valence-corrected chi connectivity index (χ4v) is 2.54. The Hall–Kier alpha value is -0.360. The lowest BCUT2D eigenvalue weighted by molar-refractivity contribution is 0.586. The fraction of sp³-hybridized carbons (Fsp3) is 0.625. The minimum atomic E-state index is -3.00. The van der Waals surface area contributed by atoms with Gasteiger partial charge in [-0.15, -0.1) is 0 Å². The molecule has 0 radical (unpaired) electrons. The van der Waals surface area contributed by atoms with Crippen molar-refractivity contribution < 1.29 is 8.42 Å². The Morgan fingerprint density at radius 2 is 2.14 bits per heavy atom. The van der Waals surface area contributed by atoms with Crippen molar-refractivity contribution in [2.75, 3.05) is 6.26 Å². The molecule has 1 heterocycles. The molecule has 1 aromatic heterocycles. The van der Waals surface area contributed by atoms with E-state index >= 15 is 0 Å². The first-order chi connectivity index (χ1) is 6.29. The molecule has 0 N–H and O–H groups in total. The summed E-state index contributed by atoms with van der Waals surface area (Å²) in [6.45, 7) is 4.02. The monoisotopic (exact) mass is 280 g/mol. The quantitative estimate of drug-likeness (QED) is 0.848. The minimum absolute atomic E-state index is 0.00861. The van der Waals surface area contributed by atoms with Crippen LogP contribution in [0.1, 0.15) is 25.6 Å². The van der Waals surface area contributed by atoms with Gasteiger partial charge in [-0.25, -0.2) is 13.4 Å². The SMILES string of the molecule is CC(C)n1cc(CS(C)(=O)=O)nc1Br. The number of imidazole rings is 1. The number of rotatable bonds is 3.